The number of esters is 1. The van der Waals surface area contributed by atoms with Gasteiger partial charge < -0.3 is 51.7 Å². The van der Waals surface area contributed by atoms with Crippen LogP contribution in [0.4, 0.5) is 0 Å². The molecule has 0 saturated carbocycles. The summed E-state index contributed by atoms with van der Waals surface area (Å²) in [4.78, 5) is 61.5. The van der Waals surface area contributed by atoms with Crippen LogP contribution in [0.2, 0.25) is 0 Å². The van der Waals surface area contributed by atoms with Gasteiger partial charge in [-0.15, -0.1) is 19.7 Å². The average Bonchev–Trinajstić information content (AvgIpc) is 2.89. The molecule has 1 unspecified atom stereocenters. The highest BCUT2D eigenvalue weighted by atomic mass is 16.5. The van der Waals surface area contributed by atoms with Gasteiger partial charge in [0.1, 0.15) is 0 Å². The number of aliphatic hydroxyl groups is 4. The number of Topliss-reactive ketones (excluding diaryl/α,β-unsaturated/α-hetero) is 1. The fraction of sp³-hybridized carbons (Fsp3) is 0.429. The number of amides is 2. The number of ketones is 1. The van der Waals surface area contributed by atoms with Gasteiger partial charge in [0.2, 0.25) is 18.3 Å². The Morgan fingerprint density at radius 1 is 0.784 bits per heavy atom. The van der Waals surface area contributed by atoms with E-state index in [1.807, 2.05) is 0 Å². The van der Waals surface area contributed by atoms with Gasteiger partial charge in [0.05, 0.1) is 7.11 Å². The van der Waals surface area contributed by atoms with E-state index >= 15 is 0 Å². The highest BCUT2D eigenvalue weighted by Gasteiger charge is 2.22. The number of hydrogen-bond acceptors (Lipinski definition) is 12. The molecule has 0 aliphatic heterocycles. The van der Waals surface area contributed by atoms with Crippen LogP contribution in [0.15, 0.2) is 38.0 Å². The van der Waals surface area contributed by atoms with Crippen LogP contribution in [0.25, 0.3) is 0 Å². The molecule has 0 aromatic heterocycles. The zero-order chi connectivity index (χ0) is 30.6. The molecule has 0 bridgehead atoms. The number of nitrogens with two attached hydrogens (primary N) is 1. The van der Waals surface area contributed by atoms with E-state index in [9.17, 15) is 28.8 Å². The molecule has 0 radical (unpaired) electrons. The molecule has 2 amide bonds. The Kier molecular flexibility index (Phi) is 35.1. The number of carbonyl (C=O) groups is 6. The number of methoxy groups -OCH3 is 1. The molecule has 0 aliphatic rings. The minimum absolute atomic E-state index is 0.213. The number of carbonyl (C=O) groups excluding carboxylic acids is 4. The molecule has 37 heavy (non-hydrogen) atoms. The molecule has 214 valence electrons. The van der Waals surface area contributed by atoms with E-state index in [1.54, 1.807) is 6.08 Å². The van der Waals surface area contributed by atoms with Crippen molar-refractivity contribution in [1.29, 1.82) is 0 Å². The Morgan fingerprint density at radius 3 is 1.24 bits per heavy atom. The minimum atomic E-state index is -2.30. The third kappa shape index (κ3) is 30.0. The molecular formula is C21H37N3O13. The average molecular weight is 540 g/mol. The molecule has 0 saturated heterocycles. The zero-order valence-corrected chi connectivity index (χ0v) is 20.8. The Balaban J connectivity index is -0.000000129. The molecule has 0 aromatic rings. The fourth-order valence-corrected chi connectivity index (χ4v) is 1.04. The topological polar surface area (TPSA) is 283 Å². The summed E-state index contributed by atoms with van der Waals surface area (Å²) in [6.45, 7) is 12.2. The molecule has 1 atom stereocenters. The summed E-state index contributed by atoms with van der Waals surface area (Å²) in [6, 6.07) is 0. The molecule has 0 rings (SSSR count). The maximum atomic E-state index is 11.0. The third-order valence-electron chi connectivity index (χ3n) is 2.78. The van der Waals surface area contributed by atoms with Crippen molar-refractivity contribution < 1.29 is 64.1 Å². The smallest absolute Gasteiger partial charge is 0.344 e. The Hall–Kier alpha value is -3.96. The van der Waals surface area contributed by atoms with Gasteiger partial charge in [0.25, 0.3) is 11.8 Å². The predicted octanol–water partition coefficient (Wildman–Crippen LogP) is -3.68. The summed E-state index contributed by atoms with van der Waals surface area (Å²) in [5.41, 5.74) is 4.91. The van der Waals surface area contributed by atoms with E-state index < -0.39 is 53.8 Å². The summed E-state index contributed by atoms with van der Waals surface area (Å²) in [5.74, 6) is -6.52. The molecule has 0 spiro atoms. The third-order valence-corrected chi connectivity index (χ3v) is 2.78. The highest BCUT2D eigenvalue weighted by molar-refractivity contribution is 6.03. The van der Waals surface area contributed by atoms with Crippen LogP contribution in [-0.4, -0.2) is 118 Å². The Bertz CT molecular complexity index is 688. The van der Waals surface area contributed by atoms with E-state index in [0.717, 1.165) is 21.1 Å². The lowest BCUT2D eigenvalue weighted by Crippen LogP contribution is -2.45. The summed E-state index contributed by atoms with van der Waals surface area (Å²) >= 11 is 0. The van der Waals surface area contributed by atoms with Crippen molar-refractivity contribution in [3.05, 3.63) is 38.0 Å². The van der Waals surface area contributed by atoms with Crippen LogP contribution in [0.5, 0.6) is 0 Å². The first-order chi connectivity index (χ1) is 17.2. The van der Waals surface area contributed by atoms with Crippen LogP contribution < -0.4 is 16.4 Å². The lowest BCUT2D eigenvalue weighted by Gasteiger charge is -2.09. The molecule has 10 N–H and O–H groups in total. The summed E-state index contributed by atoms with van der Waals surface area (Å²) in [6.07, 6.45) is -1.04. The van der Waals surface area contributed by atoms with E-state index in [0.29, 0.717) is 6.54 Å². The largest absolute Gasteiger partial charge is 0.479 e. The van der Waals surface area contributed by atoms with E-state index in [2.05, 4.69) is 35.1 Å². The van der Waals surface area contributed by atoms with Gasteiger partial charge in [0, 0.05) is 26.7 Å². The Labute approximate surface area is 213 Å². The van der Waals surface area contributed by atoms with Crippen molar-refractivity contribution in [2.75, 3.05) is 33.9 Å². The van der Waals surface area contributed by atoms with Gasteiger partial charge in [-0.1, -0.05) is 18.2 Å². The maximum Gasteiger partial charge on any atom is 0.344 e. The van der Waals surface area contributed by atoms with Crippen molar-refractivity contribution in [1.82, 2.24) is 10.6 Å². The van der Waals surface area contributed by atoms with Crippen LogP contribution in [-0.2, 0) is 33.5 Å². The van der Waals surface area contributed by atoms with Crippen molar-refractivity contribution >= 4 is 35.5 Å². The quantitative estimate of drug-likeness (QED) is 0.0694. The number of aliphatic hydroxyl groups excluding tert-OH is 4. The normalized spacial score (nSPS) is 9.35. The number of ether oxygens (including phenoxy) is 1. The van der Waals surface area contributed by atoms with Gasteiger partial charge in [-0.3, -0.25) is 14.4 Å². The van der Waals surface area contributed by atoms with E-state index in [-0.39, 0.29) is 13.1 Å². The molecule has 0 heterocycles. The fourth-order valence-electron chi connectivity index (χ4n) is 1.04. The lowest BCUT2D eigenvalue weighted by molar-refractivity contribution is -0.161. The van der Waals surface area contributed by atoms with Crippen molar-refractivity contribution in [3.8, 4) is 0 Å². The SMILES string of the molecule is C=CCN.C=CCNC(=O)C(O)C(=O)NCC=C.CO.COC(=O)C(O)C(C)=O.O=C(O)C(O)C(=O)O. The number of carboxylic acid groups (broad SMARTS) is 2. The lowest BCUT2D eigenvalue weighted by atomic mass is 10.3. The zero-order valence-electron chi connectivity index (χ0n) is 20.8. The first-order valence-corrected chi connectivity index (χ1v) is 9.80. The molecule has 16 nitrogen and oxygen atoms in total. The van der Waals surface area contributed by atoms with Gasteiger partial charge in [-0.05, 0) is 6.92 Å². The summed E-state index contributed by atoms with van der Waals surface area (Å²) < 4.78 is 4.06. The molecule has 0 aromatic carbocycles. The van der Waals surface area contributed by atoms with E-state index in [4.69, 9.17) is 36.4 Å². The van der Waals surface area contributed by atoms with Gasteiger partial charge in [-0.25, -0.2) is 14.4 Å². The monoisotopic (exact) mass is 539 g/mol. The number of nitrogens with one attached hydrogen (secondary N) is 2. The molecule has 0 aliphatic carbocycles. The van der Waals surface area contributed by atoms with Gasteiger partial charge in [0.15, 0.2) is 5.78 Å². The second-order valence-electron chi connectivity index (χ2n) is 5.61. The van der Waals surface area contributed by atoms with Gasteiger partial charge in [-0.2, -0.15) is 0 Å². The van der Waals surface area contributed by atoms with Crippen LogP contribution in [0, 0.1) is 0 Å². The van der Waals surface area contributed by atoms with Crippen LogP contribution >= 0.6 is 0 Å². The highest BCUT2D eigenvalue weighted by Crippen LogP contribution is 1.87. The number of hydrogen-bond donors (Lipinski definition) is 9. The first-order valence-electron chi connectivity index (χ1n) is 9.80. The number of rotatable bonds is 11. The summed E-state index contributed by atoms with van der Waals surface area (Å²) in [7, 11) is 2.11. The molecular weight excluding hydrogens is 502 g/mol. The first kappa shape index (κ1) is 43.1. The molecule has 16 heteroatoms. The van der Waals surface area contributed by atoms with Crippen LogP contribution in [0.1, 0.15) is 6.92 Å². The Morgan fingerprint density at radius 2 is 1.11 bits per heavy atom. The second kappa shape index (κ2) is 30.1. The predicted molar refractivity (Wildman–Crippen MR) is 130 cm³/mol. The molecule has 0 fully saturated rings. The van der Waals surface area contributed by atoms with Crippen molar-refractivity contribution in [2.24, 2.45) is 5.73 Å². The number of carboxylic acids is 2. The van der Waals surface area contributed by atoms with Gasteiger partial charge >= 0.3 is 17.9 Å². The van der Waals surface area contributed by atoms with E-state index in [1.165, 1.54) is 12.2 Å². The van der Waals surface area contributed by atoms with Crippen molar-refractivity contribution in [3.63, 3.8) is 0 Å². The maximum absolute atomic E-state index is 11.0. The second-order valence-corrected chi connectivity index (χ2v) is 5.61. The number of aliphatic carboxylic acids is 2. The summed E-state index contributed by atoms with van der Waals surface area (Å²) in [5, 5.41) is 52.8. The standard InChI is InChI=1S/C9H14N2O3.C5H8O4.C3H7N.C3H4O5.CH4O/c1-3-5-10-8(13)7(12)9(14)11-6-4-2;1-3(6)4(7)5(8)9-2;1-2-3-4;4-1(2(5)6)3(7)8;1-2/h3-4,7,12H,1-2,5-6H2,(H,10,13)(H,11,14);4,7H,1-2H3;2H,1,3-4H2;1,4H,(H,5,6)(H,7,8);2H,1H3. The van der Waals surface area contributed by atoms with Crippen molar-refractivity contribution in [2.45, 2.75) is 25.2 Å². The van der Waals surface area contributed by atoms with Crippen LogP contribution in [0.3, 0.4) is 0 Å². The minimum Gasteiger partial charge on any atom is -0.479 e.